The molecular weight excluding hydrogens is 354 g/mol. The van der Waals surface area contributed by atoms with Crippen LogP contribution in [-0.2, 0) is 4.43 Å². The molecule has 24 heavy (non-hydrogen) atoms. The molecule has 0 spiro atoms. The second kappa shape index (κ2) is 7.15. The van der Waals surface area contributed by atoms with Crippen LogP contribution in [-0.4, -0.2) is 38.5 Å². The van der Waals surface area contributed by atoms with Crippen LogP contribution in [0.2, 0.25) is 19.6 Å². The molecule has 3 unspecified atom stereocenters. The Balaban J connectivity index is 0.000000413. The van der Waals surface area contributed by atoms with E-state index in [2.05, 4.69) is 19.6 Å². The van der Waals surface area contributed by atoms with Crippen LogP contribution in [0.25, 0.3) is 0 Å². The van der Waals surface area contributed by atoms with E-state index in [4.69, 9.17) is 9.53 Å². The average Bonchev–Trinajstić information content (AvgIpc) is 2.98. The molecule has 0 aromatic heterocycles. The fourth-order valence-electron chi connectivity index (χ4n) is 3.40. The van der Waals surface area contributed by atoms with E-state index in [1.165, 1.54) is 0 Å². The van der Waals surface area contributed by atoms with E-state index in [1.807, 2.05) is 0 Å². The predicted molar refractivity (Wildman–Crippen MR) is 81.0 cm³/mol. The highest BCUT2D eigenvalue weighted by Gasteiger charge is 2.71. The molecule has 9 heteroatoms. The minimum Gasteiger partial charge on any atom is -0.421 e. The summed E-state index contributed by atoms with van der Waals surface area (Å²) in [5.41, 5.74) is -4.56. The lowest BCUT2D eigenvalue weighted by Gasteiger charge is -2.36. The number of hydrogen-bond donors (Lipinski definition) is 1. The van der Waals surface area contributed by atoms with Gasteiger partial charge in [-0.1, -0.05) is 6.42 Å². The third-order valence-corrected chi connectivity index (χ3v) is 6.22. The zero-order valence-corrected chi connectivity index (χ0v) is 15.4. The van der Waals surface area contributed by atoms with Crippen molar-refractivity contribution in [2.75, 3.05) is 7.11 Å². The summed E-state index contributed by atoms with van der Waals surface area (Å²) in [7, 11) is 0.639. The van der Waals surface area contributed by atoms with E-state index in [-0.39, 0.29) is 11.8 Å². The maximum atomic E-state index is 12.5. The van der Waals surface area contributed by atoms with Gasteiger partial charge < -0.3 is 9.53 Å². The molecule has 2 bridgehead atoms. The van der Waals surface area contributed by atoms with Crippen LogP contribution >= 0.6 is 0 Å². The molecule has 0 saturated heterocycles. The number of hydrogen-bond acceptors (Lipinski definition) is 2. The van der Waals surface area contributed by atoms with Gasteiger partial charge in [0.05, 0.1) is 0 Å². The van der Waals surface area contributed by atoms with Crippen molar-refractivity contribution in [1.29, 1.82) is 0 Å². The largest absolute Gasteiger partial charge is 0.426 e. The minimum atomic E-state index is -5.67. The molecule has 0 aromatic carbocycles. The van der Waals surface area contributed by atoms with Gasteiger partial charge in [0.2, 0.25) is 0 Å². The van der Waals surface area contributed by atoms with Gasteiger partial charge in [-0.05, 0) is 63.1 Å². The summed E-state index contributed by atoms with van der Waals surface area (Å²) in [6.07, 6.45) is -9.95. The zero-order valence-electron chi connectivity index (χ0n) is 14.4. The van der Waals surface area contributed by atoms with Gasteiger partial charge in [-0.15, -0.1) is 0 Å². The van der Waals surface area contributed by atoms with E-state index >= 15 is 0 Å². The number of fused-ring (bicyclic) bond motifs is 2. The molecule has 2 saturated carbocycles. The molecule has 3 atom stereocenters. The third-order valence-electron chi connectivity index (χ3n) is 4.99. The highest BCUT2D eigenvalue weighted by atomic mass is 28.4. The number of aliphatic hydroxyl groups is 1. The van der Waals surface area contributed by atoms with Gasteiger partial charge in [0, 0.05) is 7.11 Å². The predicted octanol–water partition coefficient (Wildman–Crippen LogP) is 5.14. The standard InChI is InChI=1S/C11H14F6O.C4H12OSi/c12-10(13,14)9(18,11(15,16)17)5-8-4-6-1-2-7(8)3-6;1-5-6(2,3)4/h6-8,18H,1-5H2;1-4H3. The van der Waals surface area contributed by atoms with Crippen molar-refractivity contribution in [3.63, 3.8) is 0 Å². The molecular formula is C15H26F6O2Si. The Kier molecular flexibility index (Phi) is 6.48. The maximum absolute atomic E-state index is 12.5. The molecule has 2 rings (SSSR count). The fraction of sp³-hybridized carbons (Fsp3) is 1.00. The third kappa shape index (κ3) is 5.11. The van der Waals surface area contributed by atoms with Crippen molar-refractivity contribution in [3.8, 4) is 0 Å². The van der Waals surface area contributed by atoms with Gasteiger partial charge in [0.15, 0.2) is 8.32 Å². The van der Waals surface area contributed by atoms with E-state index < -0.39 is 38.6 Å². The smallest absolute Gasteiger partial charge is 0.421 e. The van der Waals surface area contributed by atoms with E-state index in [9.17, 15) is 26.3 Å². The van der Waals surface area contributed by atoms with E-state index in [0.29, 0.717) is 19.3 Å². The van der Waals surface area contributed by atoms with Crippen molar-refractivity contribution in [2.24, 2.45) is 17.8 Å². The Labute approximate surface area is 139 Å². The van der Waals surface area contributed by atoms with Crippen molar-refractivity contribution in [3.05, 3.63) is 0 Å². The first-order valence-corrected chi connectivity index (χ1v) is 11.4. The van der Waals surface area contributed by atoms with Crippen molar-refractivity contribution < 1.29 is 35.9 Å². The lowest BCUT2D eigenvalue weighted by Crippen LogP contribution is -2.58. The van der Waals surface area contributed by atoms with Crippen molar-refractivity contribution in [2.45, 2.75) is 69.7 Å². The van der Waals surface area contributed by atoms with E-state index in [1.54, 1.807) is 7.11 Å². The lowest BCUT2D eigenvalue weighted by atomic mass is 9.79. The van der Waals surface area contributed by atoms with Crippen LogP contribution in [0.15, 0.2) is 0 Å². The Morgan fingerprint density at radius 3 is 1.67 bits per heavy atom. The van der Waals surface area contributed by atoms with Crippen molar-refractivity contribution in [1.82, 2.24) is 0 Å². The molecule has 2 aliphatic carbocycles. The molecule has 0 aliphatic heterocycles. The average molecular weight is 380 g/mol. The SMILES string of the molecule is CO[Si](C)(C)C.OC(CC1CC2CCC1C2)(C(F)(F)F)C(F)(F)F. The Morgan fingerprint density at radius 2 is 1.42 bits per heavy atom. The molecule has 2 nitrogen and oxygen atoms in total. The topological polar surface area (TPSA) is 29.5 Å². The van der Waals surface area contributed by atoms with Crippen LogP contribution in [0.5, 0.6) is 0 Å². The summed E-state index contributed by atoms with van der Waals surface area (Å²) in [6.45, 7) is 6.48. The molecule has 0 amide bonds. The first-order chi connectivity index (χ1) is 10.6. The molecule has 0 aromatic rings. The summed E-state index contributed by atoms with van der Waals surface area (Å²) in [6, 6.07) is 0. The van der Waals surface area contributed by atoms with Crippen LogP contribution in [0, 0.1) is 17.8 Å². The van der Waals surface area contributed by atoms with Gasteiger partial charge in [0.25, 0.3) is 5.60 Å². The van der Waals surface area contributed by atoms with Crippen LogP contribution in [0.3, 0.4) is 0 Å². The van der Waals surface area contributed by atoms with Gasteiger partial charge in [-0.25, -0.2) is 0 Å². The molecule has 2 aliphatic rings. The summed E-state index contributed by atoms with van der Waals surface area (Å²) < 4.78 is 80.2. The van der Waals surface area contributed by atoms with Gasteiger partial charge in [-0.3, -0.25) is 0 Å². The second-order valence-corrected chi connectivity index (χ2v) is 12.4. The second-order valence-electron chi connectivity index (χ2n) is 7.81. The number of alkyl halides is 6. The molecule has 0 heterocycles. The molecule has 1 N–H and O–H groups in total. The van der Waals surface area contributed by atoms with E-state index in [0.717, 1.165) is 6.42 Å². The maximum Gasteiger partial charge on any atom is 0.426 e. The summed E-state index contributed by atoms with van der Waals surface area (Å²) >= 11 is 0. The van der Waals surface area contributed by atoms with Gasteiger partial charge in [0.1, 0.15) is 0 Å². The van der Waals surface area contributed by atoms with Gasteiger partial charge in [-0.2, -0.15) is 26.3 Å². The lowest BCUT2D eigenvalue weighted by molar-refractivity contribution is -0.373. The van der Waals surface area contributed by atoms with Crippen LogP contribution in [0.4, 0.5) is 26.3 Å². The fourth-order valence-corrected chi connectivity index (χ4v) is 3.40. The van der Waals surface area contributed by atoms with Crippen LogP contribution in [0.1, 0.15) is 32.1 Å². The summed E-state index contributed by atoms with van der Waals surface area (Å²) in [5, 5.41) is 9.12. The number of halogens is 6. The first-order valence-electron chi connectivity index (χ1n) is 8.01. The van der Waals surface area contributed by atoms with Crippen LogP contribution < -0.4 is 0 Å². The summed E-state index contributed by atoms with van der Waals surface area (Å²) in [4.78, 5) is 0. The first kappa shape index (κ1) is 21.8. The molecule has 2 fully saturated rings. The highest BCUT2D eigenvalue weighted by Crippen LogP contribution is 2.55. The monoisotopic (exact) mass is 380 g/mol. The van der Waals surface area contributed by atoms with Gasteiger partial charge >= 0.3 is 12.4 Å². The quantitative estimate of drug-likeness (QED) is 0.543. The highest BCUT2D eigenvalue weighted by molar-refractivity contribution is 6.69. The Hall–Kier alpha value is -0.283. The Bertz CT molecular complexity index is 402. The molecule has 0 radical (unpaired) electrons. The molecule has 144 valence electrons. The van der Waals surface area contributed by atoms with Crippen molar-refractivity contribution >= 4 is 8.32 Å². The Morgan fingerprint density at radius 1 is 0.958 bits per heavy atom. The zero-order chi connectivity index (χ0) is 19.0. The number of rotatable bonds is 3. The minimum absolute atomic E-state index is 0.0915. The summed E-state index contributed by atoms with van der Waals surface area (Å²) in [5.74, 6) is -0.519. The normalized spacial score (nSPS) is 27.9.